The number of aromatic nitrogens is 8. The summed E-state index contributed by atoms with van der Waals surface area (Å²) >= 11 is 0. The smallest absolute Gasteiger partial charge is 0.166 e. The van der Waals surface area contributed by atoms with E-state index >= 15 is 0 Å². The van der Waals surface area contributed by atoms with Crippen molar-refractivity contribution in [1.82, 2.24) is 39.5 Å². The van der Waals surface area contributed by atoms with Gasteiger partial charge in [-0.05, 0) is 59.7 Å². The van der Waals surface area contributed by atoms with E-state index in [-0.39, 0.29) is 0 Å². The molecule has 0 saturated carbocycles. The molecule has 9 aromatic carbocycles. The van der Waals surface area contributed by atoms with Crippen LogP contribution in [0.1, 0.15) is 0 Å². The standard InChI is InChI=1S/C65H42N8/c1-7-20-43(21-8-1)49-35-38-57-53(40-49)52-37-34-50(56-33-19-32-55(66-56)44-22-9-2-10-23-44)42-59(52)73(57)58-39-36-51(64-69-60(45-24-11-3-12-25-45)67-61(70-64)46-26-13-4-14-27-46)41-54(58)65-71-62(47-28-15-5-16-29-47)68-63(72-65)48-30-17-6-18-31-48/h1-42H. The van der Waals surface area contributed by atoms with Gasteiger partial charge in [0, 0.05) is 55.3 Å². The lowest BCUT2D eigenvalue weighted by Crippen LogP contribution is -2.05. The minimum Gasteiger partial charge on any atom is -0.308 e. The topological polar surface area (TPSA) is 95.2 Å². The second kappa shape index (κ2) is 18.7. The van der Waals surface area contributed by atoms with Gasteiger partial charge >= 0.3 is 0 Å². The Labute approximate surface area is 421 Å². The van der Waals surface area contributed by atoms with E-state index in [4.69, 9.17) is 34.9 Å². The van der Waals surface area contributed by atoms with Crippen LogP contribution in [0, 0.1) is 0 Å². The Hall–Kier alpha value is -10.1. The molecule has 0 atom stereocenters. The minimum atomic E-state index is 0.495. The first-order chi connectivity index (χ1) is 36.2. The van der Waals surface area contributed by atoms with E-state index in [0.717, 1.165) is 94.5 Å². The minimum absolute atomic E-state index is 0.495. The molecule has 0 aliphatic carbocycles. The molecule has 8 nitrogen and oxygen atoms in total. The first-order valence-corrected chi connectivity index (χ1v) is 24.2. The molecule has 4 aromatic heterocycles. The van der Waals surface area contributed by atoms with Crippen LogP contribution in [0.25, 0.3) is 129 Å². The Bertz CT molecular complexity index is 4000. The van der Waals surface area contributed by atoms with E-state index in [1.165, 1.54) is 0 Å². The molecular formula is C65H42N8. The summed E-state index contributed by atoms with van der Waals surface area (Å²) in [7, 11) is 0. The lowest BCUT2D eigenvalue weighted by Gasteiger charge is -2.17. The third-order valence-electron chi connectivity index (χ3n) is 13.1. The molecule has 0 amide bonds. The van der Waals surface area contributed by atoms with Crippen LogP contribution >= 0.6 is 0 Å². The zero-order valence-corrected chi connectivity index (χ0v) is 39.3. The maximum absolute atomic E-state index is 5.35. The SMILES string of the molecule is c1ccc(-c2ccc3c(c2)c2ccc(-c4cccc(-c5ccccc5)n4)cc2n3-c2ccc(-c3nc(-c4ccccc4)nc(-c4ccccc4)n3)cc2-c2nc(-c3ccccc3)nc(-c3ccccc3)n2)cc1. The van der Waals surface area contributed by atoms with Gasteiger partial charge in [0.25, 0.3) is 0 Å². The van der Waals surface area contributed by atoms with Gasteiger partial charge in [-0.15, -0.1) is 0 Å². The molecule has 73 heavy (non-hydrogen) atoms. The molecule has 0 spiro atoms. The van der Waals surface area contributed by atoms with E-state index in [9.17, 15) is 0 Å². The quantitative estimate of drug-likeness (QED) is 0.135. The second-order valence-corrected chi connectivity index (χ2v) is 17.7. The Kier molecular flexibility index (Phi) is 11.0. The third-order valence-corrected chi connectivity index (χ3v) is 13.1. The molecule has 13 rings (SSSR count). The summed E-state index contributed by atoms with van der Waals surface area (Å²) in [6.45, 7) is 0. The van der Waals surface area contributed by atoms with E-state index in [1.807, 2.05) is 140 Å². The Balaban J connectivity index is 1.10. The predicted molar refractivity (Wildman–Crippen MR) is 294 cm³/mol. The molecule has 0 unspecified atom stereocenters. The van der Waals surface area contributed by atoms with Crippen molar-refractivity contribution in [2.24, 2.45) is 0 Å². The third kappa shape index (κ3) is 8.39. The van der Waals surface area contributed by atoms with Gasteiger partial charge in [-0.2, -0.15) is 0 Å². The maximum atomic E-state index is 5.35. The van der Waals surface area contributed by atoms with Crippen LogP contribution in [0.5, 0.6) is 0 Å². The molecule has 0 aliphatic heterocycles. The lowest BCUT2D eigenvalue weighted by atomic mass is 10.0. The molecule has 0 fully saturated rings. The van der Waals surface area contributed by atoms with Gasteiger partial charge in [0.1, 0.15) is 0 Å². The summed E-state index contributed by atoms with van der Waals surface area (Å²) in [5.74, 6) is 3.27. The molecule has 0 bridgehead atoms. The first kappa shape index (κ1) is 43.0. The number of hydrogen-bond donors (Lipinski definition) is 0. The fourth-order valence-electron chi connectivity index (χ4n) is 9.53. The molecule has 4 heterocycles. The van der Waals surface area contributed by atoms with Crippen LogP contribution in [-0.2, 0) is 0 Å². The second-order valence-electron chi connectivity index (χ2n) is 17.7. The molecule has 0 radical (unpaired) electrons. The number of hydrogen-bond acceptors (Lipinski definition) is 7. The predicted octanol–water partition coefficient (Wildman–Crippen LogP) is 15.6. The van der Waals surface area contributed by atoms with Crippen LogP contribution in [0.15, 0.2) is 255 Å². The fourth-order valence-corrected chi connectivity index (χ4v) is 9.53. The zero-order valence-electron chi connectivity index (χ0n) is 39.3. The zero-order chi connectivity index (χ0) is 48.5. The van der Waals surface area contributed by atoms with Crippen molar-refractivity contribution in [3.05, 3.63) is 255 Å². The van der Waals surface area contributed by atoms with E-state index < -0.39 is 0 Å². The normalized spacial score (nSPS) is 11.3. The average molecular weight is 935 g/mol. The molecule has 0 N–H and O–H groups in total. The number of nitrogens with zero attached hydrogens (tertiary/aromatic N) is 8. The summed E-state index contributed by atoms with van der Waals surface area (Å²) in [4.78, 5) is 36.4. The van der Waals surface area contributed by atoms with Crippen LogP contribution in [0.4, 0.5) is 0 Å². The van der Waals surface area contributed by atoms with E-state index in [0.29, 0.717) is 34.9 Å². The fraction of sp³-hybridized carbons (Fsp3) is 0. The highest BCUT2D eigenvalue weighted by molar-refractivity contribution is 6.12. The van der Waals surface area contributed by atoms with Crippen molar-refractivity contribution < 1.29 is 0 Å². The molecule has 0 saturated heterocycles. The van der Waals surface area contributed by atoms with Crippen molar-refractivity contribution >= 4 is 21.8 Å². The summed E-state index contributed by atoms with van der Waals surface area (Å²) in [6.07, 6.45) is 0. The van der Waals surface area contributed by atoms with Gasteiger partial charge in [-0.3, -0.25) is 0 Å². The van der Waals surface area contributed by atoms with Gasteiger partial charge in [0.15, 0.2) is 34.9 Å². The van der Waals surface area contributed by atoms with Crippen molar-refractivity contribution in [2.75, 3.05) is 0 Å². The lowest BCUT2D eigenvalue weighted by molar-refractivity contribution is 1.06. The number of pyridine rings is 1. The monoisotopic (exact) mass is 934 g/mol. The van der Waals surface area contributed by atoms with Crippen molar-refractivity contribution in [2.45, 2.75) is 0 Å². The van der Waals surface area contributed by atoms with Gasteiger partial charge in [-0.1, -0.05) is 206 Å². The molecule has 342 valence electrons. The molecular weight excluding hydrogens is 893 g/mol. The summed E-state index contributed by atoms with van der Waals surface area (Å²) < 4.78 is 2.34. The van der Waals surface area contributed by atoms with Crippen LogP contribution < -0.4 is 0 Å². The van der Waals surface area contributed by atoms with Crippen molar-refractivity contribution in [1.29, 1.82) is 0 Å². The molecule has 13 aromatic rings. The first-order valence-electron chi connectivity index (χ1n) is 24.2. The van der Waals surface area contributed by atoms with Gasteiger partial charge in [0.2, 0.25) is 0 Å². The highest BCUT2D eigenvalue weighted by Gasteiger charge is 2.23. The average Bonchev–Trinajstić information content (AvgIpc) is 3.81. The Morgan fingerprint density at radius 3 is 1.14 bits per heavy atom. The van der Waals surface area contributed by atoms with Gasteiger partial charge in [-0.25, -0.2) is 34.9 Å². The maximum Gasteiger partial charge on any atom is 0.166 e. The summed E-state index contributed by atoms with van der Waals surface area (Å²) in [5, 5.41) is 2.20. The number of benzene rings is 9. The van der Waals surface area contributed by atoms with Gasteiger partial charge in [0.05, 0.1) is 28.1 Å². The van der Waals surface area contributed by atoms with Crippen LogP contribution in [-0.4, -0.2) is 39.5 Å². The van der Waals surface area contributed by atoms with Crippen molar-refractivity contribution in [3.63, 3.8) is 0 Å². The van der Waals surface area contributed by atoms with E-state index in [2.05, 4.69) is 120 Å². The summed E-state index contributed by atoms with van der Waals surface area (Å²) in [6, 6.07) is 87.1. The summed E-state index contributed by atoms with van der Waals surface area (Å²) in [5.41, 5.74) is 14.0. The Morgan fingerprint density at radius 2 is 0.630 bits per heavy atom. The highest BCUT2D eigenvalue weighted by Crippen LogP contribution is 2.41. The van der Waals surface area contributed by atoms with Crippen LogP contribution in [0.3, 0.4) is 0 Å². The van der Waals surface area contributed by atoms with E-state index in [1.54, 1.807) is 0 Å². The van der Waals surface area contributed by atoms with Gasteiger partial charge < -0.3 is 4.57 Å². The molecule has 0 aliphatic rings. The molecule has 8 heteroatoms. The van der Waals surface area contributed by atoms with Crippen LogP contribution in [0.2, 0.25) is 0 Å². The van der Waals surface area contributed by atoms with Crippen molar-refractivity contribution in [3.8, 4) is 108 Å². The Morgan fingerprint density at radius 1 is 0.219 bits per heavy atom. The highest BCUT2D eigenvalue weighted by atomic mass is 15.1. The largest absolute Gasteiger partial charge is 0.308 e. The number of rotatable bonds is 10. The number of fused-ring (bicyclic) bond motifs is 3.